The highest BCUT2D eigenvalue weighted by Gasteiger charge is 2.23. The first-order chi connectivity index (χ1) is 12.3. The molecule has 1 aliphatic rings. The number of nitrogens with two attached hydrogens (primary N) is 1. The van der Waals surface area contributed by atoms with Crippen molar-refractivity contribution in [1.82, 2.24) is 20.0 Å². The predicted molar refractivity (Wildman–Crippen MR) is 116 cm³/mol. The molecule has 10 heteroatoms. The third kappa shape index (κ3) is 9.41. The van der Waals surface area contributed by atoms with E-state index < -0.39 is 6.04 Å². The molecule has 0 aromatic heterocycles. The smallest absolute Gasteiger partial charge is 0.242 e. The van der Waals surface area contributed by atoms with Gasteiger partial charge in [-0.15, -0.1) is 24.8 Å². The summed E-state index contributed by atoms with van der Waals surface area (Å²) >= 11 is 0. The van der Waals surface area contributed by atoms with E-state index in [1.165, 1.54) is 0 Å². The van der Waals surface area contributed by atoms with Crippen LogP contribution in [0.4, 0.5) is 0 Å². The van der Waals surface area contributed by atoms with Gasteiger partial charge in [-0.2, -0.15) is 0 Å². The molecule has 3 N–H and O–H groups in total. The van der Waals surface area contributed by atoms with Crippen molar-refractivity contribution in [3.05, 3.63) is 0 Å². The van der Waals surface area contributed by atoms with Gasteiger partial charge in [0.15, 0.2) is 0 Å². The lowest BCUT2D eigenvalue weighted by Crippen LogP contribution is -2.48. The molecule has 28 heavy (non-hydrogen) atoms. The number of nitrogens with zero attached hydrogens (tertiary/aromatic N) is 3. The normalized spacial score (nSPS) is 15.7. The maximum Gasteiger partial charge on any atom is 0.242 e. The molecule has 1 aliphatic heterocycles. The van der Waals surface area contributed by atoms with E-state index in [1.54, 1.807) is 4.90 Å². The molecule has 1 heterocycles. The van der Waals surface area contributed by atoms with Gasteiger partial charge in [-0.25, -0.2) is 0 Å². The monoisotopic (exact) mass is 441 g/mol. The zero-order valence-corrected chi connectivity index (χ0v) is 19.1. The summed E-state index contributed by atoms with van der Waals surface area (Å²) in [6.45, 7) is 12.1. The molecule has 0 bridgehead atoms. The molecule has 8 nitrogen and oxygen atoms in total. The largest absolute Gasteiger partial charge is 0.346 e. The molecule has 3 amide bonds. The van der Waals surface area contributed by atoms with Crippen molar-refractivity contribution in [2.75, 3.05) is 52.4 Å². The maximum atomic E-state index is 12.4. The van der Waals surface area contributed by atoms with E-state index in [-0.39, 0.29) is 55.0 Å². The fourth-order valence-electron chi connectivity index (χ4n) is 2.94. The van der Waals surface area contributed by atoms with Gasteiger partial charge in [-0.1, -0.05) is 13.8 Å². The number of carbonyl (C=O) groups is 3. The van der Waals surface area contributed by atoms with E-state index in [0.29, 0.717) is 39.3 Å². The highest BCUT2D eigenvalue weighted by atomic mass is 35.5. The molecule has 0 spiro atoms. The van der Waals surface area contributed by atoms with Crippen LogP contribution in [-0.4, -0.2) is 90.8 Å². The second-order valence-corrected chi connectivity index (χ2v) is 7.06. The van der Waals surface area contributed by atoms with Crippen LogP contribution in [0, 0.1) is 5.92 Å². The Morgan fingerprint density at radius 1 is 1.04 bits per heavy atom. The molecular formula is C18H37Cl2N5O3. The van der Waals surface area contributed by atoms with Crippen molar-refractivity contribution >= 4 is 42.5 Å². The molecule has 0 aromatic rings. The molecule has 166 valence electrons. The minimum absolute atomic E-state index is 0. The van der Waals surface area contributed by atoms with Crippen LogP contribution in [0.3, 0.4) is 0 Å². The van der Waals surface area contributed by atoms with Crippen LogP contribution in [-0.2, 0) is 14.4 Å². The zero-order chi connectivity index (χ0) is 19.7. The molecule has 1 rings (SSSR count). The second-order valence-electron chi connectivity index (χ2n) is 7.06. The summed E-state index contributed by atoms with van der Waals surface area (Å²) in [4.78, 5) is 42.1. The Bertz CT molecular complexity index is 490. The SMILES string of the molecule is CCN(CC)C(=O)CN1CCCN(C(=O)CNC(=O)[C@@H](N)C(C)C)CC1.Cl.Cl. The van der Waals surface area contributed by atoms with E-state index in [9.17, 15) is 14.4 Å². The van der Waals surface area contributed by atoms with Gasteiger partial charge in [0.25, 0.3) is 0 Å². The summed E-state index contributed by atoms with van der Waals surface area (Å²) < 4.78 is 0. The van der Waals surface area contributed by atoms with Crippen molar-refractivity contribution < 1.29 is 14.4 Å². The number of nitrogens with one attached hydrogen (secondary N) is 1. The van der Waals surface area contributed by atoms with Gasteiger partial charge in [-0.05, 0) is 26.2 Å². The summed E-state index contributed by atoms with van der Waals surface area (Å²) in [7, 11) is 0. The molecule has 0 saturated carbocycles. The van der Waals surface area contributed by atoms with Crippen molar-refractivity contribution in [2.45, 2.75) is 40.2 Å². The minimum Gasteiger partial charge on any atom is -0.346 e. The van der Waals surface area contributed by atoms with Gasteiger partial charge in [0.1, 0.15) is 0 Å². The lowest BCUT2D eigenvalue weighted by molar-refractivity contribution is -0.133. The van der Waals surface area contributed by atoms with Crippen LogP contribution in [0.15, 0.2) is 0 Å². The van der Waals surface area contributed by atoms with Crippen molar-refractivity contribution in [1.29, 1.82) is 0 Å². The Morgan fingerprint density at radius 3 is 2.18 bits per heavy atom. The first kappa shape index (κ1) is 29.1. The summed E-state index contributed by atoms with van der Waals surface area (Å²) in [6, 6.07) is -0.603. The van der Waals surface area contributed by atoms with E-state index in [4.69, 9.17) is 5.73 Å². The third-order valence-electron chi connectivity index (χ3n) is 4.85. The number of amides is 3. The van der Waals surface area contributed by atoms with Gasteiger partial charge in [0.2, 0.25) is 17.7 Å². The van der Waals surface area contributed by atoms with Gasteiger partial charge in [-0.3, -0.25) is 19.3 Å². The lowest BCUT2D eigenvalue weighted by atomic mass is 10.1. The second kappa shape index (κ2) is 14.8. The van der Waals surface area contributed by atoms with Gasteiger partial charge in [0, 0.05) is 39.3 Å². The molecule has 1 saturated heterocycles. The zero-order valence-electron chi connectivity index (χ0n) is 17.5. The molecular weight excluding hydrogens is 405 g/mol. The van der Waals surface area contributed by atoms with Crippen LogP contribution in [0.1, 0.15) is 34.1 Å². The third-order valence-corrected chi connectivity index (χ3v) is 4.85. The Morgan fingerprint density at radius 2 is 1.64 bits per heavy atom. The van der Waals surface area contributed by atoms with Crippen LogP contribution in [0.5, 0.6) is 0 Å². The van der Waals surface area contributed by atoms with Gasteiger partial charge in [0.05, 0.1) is 19.1 Å². The van der Waals surface area contributed by atoms with E-state index in [1.807, 2.05) is 32.6 Å². The summed E-state index contributed by atoms with van der Waals surface area (Å²) in [5.41, 5.74) is 5.78. The van der Waals surface area contributed by atoms with Crippen molar-refractivity contribution in [2.24, 2.45) is 11.7 Å². The van der Waals surface area contributed by atoms with Crippen molar-refractivity contribution in [3.63, 3.8) is 0 Å². The van der Waals surface area contributed by atoms with E-state index in [0.717, 1.165) is 13.0 Å². The highest BCUT2D eigenvalue weighted by Crippen LogP contribution is 2.05. The lowest BCUT2D eigenvalue weighted by Gasteiger charge is -2.25. The topological polar surface area (TPSA) is 99.0 Å². The fourth-order valence-corrected chi connectivity index (χ4v) is 2.94. The summed E-state index contributed by atoms with van der Waals surface area (Å²) in [6.07, 6.45) is 0.816. The maximum absolute atomic E-state index is 12.4. The Balaban J connectivity index is 0. The summed E-state index contributed by atoms with van der Waals surface area (Å²) in [5.74, 6) is -0.245. The molecule has 0 radical (unpaired) electrons. The molecule has 1 atom stereocenters. The number of halogens is 2. The molecule has 0 aliphatic carbocycles. The average Bonchev–Trinajstić information content (AvgIpc) is 2.85. The number of rotatable bonds is 8. The number of likely N-dealkylation sites (N-methyl/N-ethyl adjacent to an activating group) is 1. The van der Waals surface area contributed by atoms with Crippen LogP contribution in [0.2, 0.25) is 0 Å². The summed E-state index contributed by atoms with van der Waals surface area (Å²) in [5, 5.41) is 2.63. The van der Waals surface area contributed by atoms with Gasteiger partial charge < -0.3 is 20.9 Å². The van der Waals surface area contributed by atoms with E-state index >= 15 is 0 Å². The quantitative estimate of drug-likeness (QED) is 0.565. The average molecular weight is 442 g/mol. The number of hydrogen-bond acceptors (Lipinski definition) is 5. The van der Waals surface area contributed by atoms with Crippen LogP contribution >= 0.6 is 24.8 Å². The van der Waals surface area contributed by atoms with Gasteiger partial charge >= 0.3 is 0 Å². The van der Waals surface area contributed by atoms with Crippen LogP contribution < -0.4 is 11.1 Å². The van der Waals surface area contributed by atoms with E-state index in [2.05, 4.69) is 10.2 Å². The number of hydrogen-bond donors (Lipinski definition) is 2. The standard InChI is InChI=1S/C18H35N5O3.2ClH/c1-5-22(6-2)16(25)13-21-8-7-9-23(11-10-21)15(24)12-20-18(26)17(19)14(3)4;;/h14,17H,5-13,19H2,1-4H3,(H,20,26);2*1H/t17-;;/m0../s1. The minimum atomic E-state index is -0.603. The Hall–Kier alpha value is -1.09. The molecule has 0 aromatic carbocycles. The fraction of sp³-hybridized carbons (Fsp3) is 0.833. The van der Waals surface area contributed by atoms with Crippen molar-refractivity contribution in [3.8, 4) is 0 Å². The molecule has 0 unspecified atom stereocenters. The van der Waals surface area contributed by atoms with Crippen LogP contribution in [0.25, 0.3) is 0 Å². The molecule has 1 fully saturated rings. The predicted octanol–water partition coefficient (Wildman–Crippen LogP) is 0.332. The first-order valence-corrected chi connectivity index (χ1v) is 9.61. The Labute approximate surface area is 181 Å². The highest BCUT2D eigenvalue weighted by molar-refractivity contribution is 5.87. The Kier molecular flexibility index (Phi) is 15.4. The first-order valence-electron chi connectivity index (χ1n) is 9.61. The number of carbonyl (C=O) groups excluding carboxylic acids is 3.